The van der Waals surface area contributed by atoms with Gasteiger partial charge in [0.1, 0.15) is 6.61 Å². The van der Waals surface area contributed by atoms with Gasteiger partial charge in [0.15, 0.2) is 16.7 Å². The summed E-state index contributed by atoms with van der Waals surface area (Å²) in [7, 11) is 1.61. The number of allylic oxidation sites excluding steroid dienone is 1. The Hall–Kier alpha value is -2.71. The van der Waals surface area contributed by atoms with Crippen molar-refractivity contribution in [3.63, 3.8) is 0 Å². The third kappa shape index (κ3) is 4.82. The second kappa shape index (κ2) is 10.1. The largest absolute Gasteiger partial charge is 0.493 e. The maximum atomic E-state index is 12.9. The van der Waals surface area contributed by atoms with E-state index < -0.39 is 6.04 Å². The first-order valence-electron chi connectivity index (χ1n) is 10.6. The Kier molecular flexibility index (Phi) is 7.14. The summed E-state index contributed by atoms with van der Waals surface area (Å²) >= 11 is 5.23. The third-order valence-electron chi connectivity index (χ3n) is 5.41. The Bertz CT molecular complexity index is 1160. The van der Waals surface area contributed by atoms with E-state index in [9.17, 15) is 4.79 Å². The maximum Gasteiger partial charge on any atom is 0.338 e. The summed E-state index contributed by atoms with van der Waals surface area (Å²) < 4.78 is 17.9. The summed E-state index contributed by atoms with van der Waals surface area (Å²) in [4.78, 5) is 19.5. The molecule has 0 N–H and O–H groups in total. The zero-order chi connectivity index (χ0) is 23.5. The van der Waals surface area contributed by atoms with E-state index in [2.05, 4.69) is 40.0 Å². The number of aliphatic imine (C=N–C) groups is 1. The summed E-state index contributed by atoms with van der Waals surface area (Å²) in [6.45, 7) is 6.40. The summed E-state index contributed by atoms with van der Waals surface area (Å²) in [5.41, 5.74) is 4.28. The number of aryl methyl sites for hydroxylation is 1. The molecule has 0 unspecified atom stereocenters. The van der Waals surface area contributed by atoms with Gasteiger partial charge in [-0.25, -0.2) is 9.79 Å². The van der Waals surface area contributed by atoms with E-state index in [0.717, 1.165) is 20.8 Å². The lowest BCUT2D eigenvalue weighted by Gasteiger charge is -2.34. The highest BCUT2D eigenvalue weighted by atomic mass is 79.9. The van der Waals surface area contributed by atoms with Crippen LogP contribution in [0.25, 0.3) is 0 Å². The lowest BCUT2D eigenvalue weighted by Crippen LogP contribution is -2.34. The van der Waals surface area contributed by atoms with Gasteiger partial charge < -0.3 is 19.1 Å². The molecular weight excluding hydrogens is 504 g/mol. The topological polar surface area (TPSA) is 60.4 Å². The molecule has 0 fully saturated rings. The van der Waals surface area contributed by atoms with Crippen LogP contribution in [0.2, 0.25) is 0 Å². The van der Waals surface area contributed by atoms with Crippen molar-refractivity contribution in [2.45, 2.75) is 33.4 Å². The van der Waals surface area contributed by atoms with Crippen LogP contribution in [-0.2, 0) is 16.1 Å². The van der Waals surface area contributed by atoms with E-state index >= 15 is 0 Å². The van der Waals surface area contributed by atoms with E-state index in [1.807, 2.05) is 47.7 Å². The molecule has 0 aromatic heterocycles. The van der Waals surface area contributed by atoms with Gasteiger partial charge in [0.25, 0.3) is 0 Å². The van der Waals surface area contributed by atoms with Crippen LogP contribution in [-0.4, -0.2) is 29.8 Å². The zero-order valence-corrected chi connectivity index (χ0v) is 21.3. The molecule has 0 saturated heterocycles. The van der Waals surface area contributed by atoms with Crippen LogP contribution in [0.15, 0.2) is 68.7 Å². The molecule has 0 bridgehead atoms. The monoisotopic (exact) mass is 528 g/mol. The Labute approximate surface area is 206 Å². The number of hydrogen-bond donors (Lipinski definition) is 0. The fourth-order valence-electron chi connectivity index (χ4n) is 3.75. The number of rotatable bonds is 7. The van der Waals surface area contributed by atoms with Gasteiger partial charge in [-0.05, 0) is 49.4 Å². The van der Waals surface area contributed by atoms with Crippen LogP contribution in [0, 0.1) is 6.92 Å². The highest BCUT2D eigenvalue weighted by Gasteiger charge is 2.38. The first-order valence-corrected chi connectivity index (χ1v) is 12.2. The summed E-state index contributed by atoms with van der Waals surface area (Å²) in [6.07, 6.45) is 1.93. The van der Waals surface area contributed by atoms with Gasteiger partial charge in [0, 0.05) is 10.7 Å². The van der Waals surface area contributed by atoms with Gasteiger partial charge in [-0.15, -0.1) is 0 Å². The Morgan fingerprint density at radius 2 is 1.94 bits per heavy atom. The van der Waals surface area contributed by atoms with Crippen molar-refractivity contribution in [2.75, 3.05) is 13.7 Å². The lowest BCUT2D eigenvalue weighted by molar-refractivity contribution is -0.139. The SMILES string of the molecule is CCOC(=O)C1=C(C)N=C2SC=CN2[C@H]1c1cc(OC)c(OCc2ccc(C)cc2)cc1Br. The van der Waals surface area contributed by atoms with Gasteiger partial charge in [-0.1, -0.05) is 57.5 Å². The average molecular weight is 529 g/mol. The molecule has 4 rings (SSSR count). The molecule has 0 radical (unpaired) electrons. The number of amidine groups is 1. The number of carbonyl (C=O) groups excluding carboxylic acids is 1. The van der Waals surface area contributed by atoms with E-state index in [1.54, 1.807) is 14.0 Å². The van der Waals surface area contributed by atoms with Crippen LogP contribution < -0.4 is 9.47 Å². The number of ether oxygens (including phenoxy) is 3. The van der Waals surface area contributed by atoms with E-state index in [1.165, 1.54) is 17.3 Å². The highest BCUT2D eigenvalue weighted by Crippen LogP contribution is 2.46. The number of hydrogen-bond acceptors (Lipinski definition) is 7. The predicted molar refractivity (Wildman–Crippen MR) is 134 cm³/mol. The average Bonchev–Trinajstić information content (AvgIpc) is 3.26. The normalized spacial score (nSPS) is 17.1. The number of esters is 1. The Morgan fingerprint density at radius 3 is 2.64 bits per heavy atom. The molecule has 172 valence electrons. The van der Waals surface area contributed by atoms with Crippen molar-refractivity contribution in [1.82, 2.24) is 4.90 Å². The third-order valence-corrected chi connectivity index (χ3v) is 6.87. The second-order valence-electron chi connectivity index (χ2n) is 7.63. The van der Waals surface area contributed by atoms with Crippen LogP contribution in [0.5, 0.6) is 11.5 Å². The van der Waals surface area contributed by atoms with Gasteiger partial charge in [-0.2, -0.15) is 0 Å². The number of carbonyl (C=O) groups is 1. The van der Waals surface area contributed by atoms with Gasteiger partial charge in [0.2, 0.25) is 0 Å². The predicted octanol–water partition coefficient (Wildman–Crippen LogP) is 6.11. The number of benzene rings is 2. The second-order valence-corrected chi connectivity index (χ2v) is 9.35. The van der Waals surface area contributed by atoms with E-state index in [0.29, 0.717) is 36.0 Å². The molecule has 1 atom stereocenters. The molecule has 0 amide bonds. The van der Waals surface area contributed by atoms with Crippen LogP contribution in [0.1, 0.15) is 36.6 Å². The fraction of sp³-hybridized carbons (Fsp3) is 0.280. The van der Waals surface area contributed by atoms with Crippen molar-refractivity contribution >= 4 is 38.8 Å². The molecule has 2 aliphatic rings. The minimum Gasteiger partial charge on any atom is -0.493 e. The van der Waals surface area contributed by atoms with Crippen molar-refractivity contribution < 1.29 is 19.0 Å². The molecule has 2 aromatic rings. The first-order chi connectivity index (χ1) is 15.9. The summed E-state index contributed by atoms with van der Waals surface area (Å²) in [5.74, 6) is 0.822. The smallest absolute Gasteiger partial charge is 0.338 e. The van der Waals surface area contributed by atoms with Gasteiger partial charge in [-0.3, -0.25) is 0 Å². The number of nitrogens with zero attached hydrogens (tertiary/aromatic N) is 2. The molecule has 0 spiro atoms. The van der Waals surface area contributed by atoms with E-state index in [4.69, 9.17) is 14.2 Å². The summed E-state index contributed by atoms with van der Waals surface area (Å²) in [5, 5.41) is 2.77. The van der Waals surface area contributed by atoms with Crippen LogP contribution in [0.4, 0.5) is 0 Å². The first kappa shape index (κ1) is 23.4. The summed E-state index contributed by atoms with van der Waals surface area (Å²) in [6, 6.07) is 11.6. The quantitative estimate of drug-likeness (QED) is 0.404. The molecule has 6 nitrogen and oxygen atoms in total. The van der Waals surface area contributed by atoms with Gasteiger partial charge >= 0.3 is 5.97 Å². The molecule has 0 aliphatic carbocycles. The zero-order valence-electron chi connectivity index (χ0n) is 18.9. The maximum absolute atomic E-state index is 12.9. The van der Waals surface area contributed by atoms with Gasteiger partial charge in [0.05, 0.1) is 31.0 Å². The molecule has 33 heavy (non-hydrogen) atoms. The number of halogens is 1. The number of fused-ring (bicyclic) bond motifs is 1. The molecule has 8 heteroatoms. The lowest BCUT2D eigenvalue weighted by atomic mass is 9.94. The Morgan fingerprint density at radius 1 is 1.18 bits per heavy atom. The van der Waals surface area contributed by atoms with Crippen molar-refractivity contribution in [3.05, 3.63) is 80.4 Å². The highest BCUT2D eigenvalue weighted by molar-refractivity contribution is 9.10. The standard InChI is InChI=1S/C25H25BrN2O4S/c1-5-31-24(29)22-16(3)27-25-28(10-11-33-25)23(22)18-12-20(30-4)21(13-19(18)26)32-14-17-8-6-15(2)7-9-17/h6-13,23H,5,14H2,1-4H3/t23-/m0/s1. The fourth-order valence-corrected chi connectivity index (χ4v) is 5.08. The minimum atomic E-state index is -0.405. The van der Waals surface area contributed by atoms with Crippen LogP contribution >= 0.6 is 27.7 Å². The van der Waals surface area contributed by atoms with Crippen LogP contribution in [0.3, 0.4) is 0 Å². The van der Waals surface area contributed by atoms with Crippen molar-refractivity contribution in [3.8, 4) is 11.5 Å². The van der Waals surface area contributed by atoms with Crippen molar-refractivity contribution in [1.29, 1.82) is 0 Å². The van der Waals surface area contributed by atoms with E-state index in [-0.39, 0.29) is 5.97 Å². The Balaban J connectivity index is 1.71. The van der Waals surface area contributed by atoms with Crippen molar-refractivity contribution in [2.24, 2.45) is 4.99 Å². The number of thioether (sulfide) groups is 1. The molecule has 0 saturated carbocycles. The number of methoxy groups -OCH3 is 1. The molecule has 2 aromatic carbocycles. The molecular formula is C25H25BrN2O4S. The minimum absolute atomic E-state index is 0.291. The molecule has 2 heterocycles. The molecule has 2 aliphatic heterocycles.